The summed E-state index contributed by atoms with van der Waals surface area (Å²) in [5, 5.41) is 8.81. The first-order chi connectivity index (χ1) is 8.41. The summed E-state index contributed by atoms with van der Waals surface area (Å²) in [5.41, 5.74) is -0.588. The van der Waals surface area contributed by atoms with Gasteiger partial charge in [-0.25, -0.2) is 18.6 Å². The molecule has 0 radical (unpaired) electrons. The molecule has 0 fully saturated rings. The van der Waals surface area contributed by atoms with Crippen LogP contribution in [-0.2, 0) is 0 Å². The Kier molecular flexibility index (Phi) is 2.86. The Morgan fingerprint density at radius 3 is 2.56 bits per heavy atom. The molecule has 0 unspecified atom stereocenters. The van der Waals surface area contributed by atoms with E-state index in [2.05, 4.69) is 4.98 Å². The van der Waals surface area contributed by atoms with Crippen molar-refractivity contribution in [3.8, 4) is 11.5 Å². The summed E-state index contributed by atoms with van der Waals surface area (Å²) in [6.07, 6.45) is 0. The van der Waals surface area contributed by atoms with E-state index in [-0.39, 0.29) is 22.9 Å². The molecule has 4 nitrogen and oxygen atoms in total. The third-order valence-electron chi connectivity index (χ3n) is 2.50. The van der Waals surface area contributed by atoms with Crippen LogP contribution in [0.2, 0.25) is 0 Å². The average molecular weight is 253 g/mol. The van der Waals surface area contributed by atoms with Crippen molar-refractivity contribution in [1.82, 2.24) is 4.98 Å². The van der Waals surface area contributed by atoms with E-state index >= 15 is 0 Å². The Labute approximate surface area is 101 Å². The number of carboxylic acid groups (broad SMARTS) is 1. The molecule has 6 heteroatoms. The first kappa shape index (κ1) is 12.2. The summed E-state index contributed by atoms with van der Waals surface area (Å²) < 4.78 is 32.4. The number of nitrogens with zero attached hydrogens (tertiary/aromatic N) is 1. The molecule has 0 atom stereocenters. The molecular weight excluding hydrogens is 244 g/mol. The molecule has 18 heavy (non-hydrogen) atoms. The van der Waals surface area contributed by atoms with Crippen LogP contribution in [0.1, 0.15) is 21.8 Å². The number of aryl methyl sites for hydroxylation is 2. The maximum absolute atomic E-state index is 13.8. The number of aromatic nitrogens is 1. The van der Waals surface area contributed by atoms with Gasteiger partial charge in [0.2, 0.25) is 5.89 Å². The summed E-state index contributed by atoms with van der Waals surface area (Å²) in [5.74, 6) is -3.35. The van der Waals surface area contributed by atoms with E-state index in [4.69, 9.17) is 9.52 Å². The molecule has 0 aliphatic heterocycles. The van der Waals surface area contributed by atoms with Gasteiger partial charge in [-0.2, -0.15) is 0 Å². The van der Waals surface area contributed by atoms with Gasteiger partial charge in [0.15, 0.2) is 5.69 Å². The van der Waals surface area contributed by atoms with Crippen LogP contribution in [0.5, 0.6) is 0 Å². The van der Waals surface area contributed by atoms with Gasteiger partial charge < -0.3 is 9.52 Å². The summed E-state index contributed by atoms with van der Waals surface area (Å²) in [6, 6.07) is 2.36. The van der Waals surface area contributed by atoms with Gasteiger partial charge in [-0.05, 0) is 25.5 Å². The molecule has 1 heterocycles. The number of oxazole rings is 1. The normalized spacial score (nSPS) is 10.7. The number of rotatable bonds is 2. The number of carboxylic acids is 1. The minimum atomic E-state index is -1.31. The SMILES string of the molecule is Cc1ccc(F)c(-c2nc(C(=O)O)c(C)o2)c1F. The van der Waals surface area contributed by atoms with Crippen LogP contribution < -0.4 is 0 Å². The molecule has 94 valence electrons. The third kappa shape index (κ3) is 1.85. The zero-order valence-corrected chi connectivity index (χ0v) is 9.62. The second-order valence-corrected chi connectivity index (χ2v) is 3.78. The first-order valence-corrected chi connectivity index (χ1v) is 5.07. The highest BCUT2D eigenvalue weighted by molar-refractivity contribution is 5.87. The summed E-state index contributed by atoms with van der Waals surface area (Å²) in [4.78, 5) is 14.4. The van der Waals surface area contributed by atoms with E-state index < -0.39 is 23.2 Å². The molecular formula is C12H9F2NO3. The minimum Gasteiger partial charge on any atom is -0.476 e. The molecule has 1 aromatic heterocycles. The van der Waals surface area contributed by atoms with Crippen LogP contribution in [0.15, 0.2) is 16.5 Å². The lowest BCUT2D eigenvalue weighted by Crippen LogP contribution is -1.99. The highest BCUT2D eigenvalue weighted by atomic mass is 19.1. The van der Waals surface area contributed by atoms with Gasteiger partial charge in [0.1, 0.15) is 23.0 Å². The Hall–Kier alpha value is -2.24. The molecule has 0 saturated carbocycles. The van der Waals surface area contributed by atoms with E-state index in [1.54, 1.807) is 0 Å². The maximum Gasteiger partial charge on any atom is 0.358 e. The number of hydrogen-bond acceptors (Lipinski definition) is 3. The topological polar surface area (TPSA) is 63.3 Å². The van der Waals surface area contributed by atoms with Crippen LogP contribution in [0.4, 0.5) is 8.78 Å². The van der Waals surface area contributed by atoms with Crippen LogP contribution in [0.25, 0.3) is 11.5 Å². The summed E-state index contributed by atoms with van der Waals surface area (Å²) in [6.45, 7) is 2.83. The molecule has 0 aliphatic rings. The predicted molar refractivity (Wildman–Crippen MR) is 58.3 cm³/mol. The standard InChI is InChI=1S/C12H9F2NO3/c1-5-3-4-7(13)8(9(5)14)11-15-10(12(16)17)6(2)18-11/h3-4H,1-2H3,(H,16,17). The van der Waals surface area contributed by atoms with E-state index in [1.165, 1.54) is 19.9 Å². The Morgan fingerprint density at radius 2 is 2.00 bits per heavy atom. The van der Waals surface area contributed by atoms with Crippen molar-refractivity contribution in [2.75, 3.05) is 0 Å². The molecule has 2 rings (SSSR count). The second-order valence-electron chi connectivity index (χ2n) is 3.78. The molecule has 0 amide bonds. The zero-order chi connectivity index (χ0) is 13.4. The molecule has 1 aromatic carbocycles. The van der Waals surface area contributed by atoms with Crippen molar-refractivity contribution in [3.05, 3.63) is 40.8 Å². The van der Waals surface area contributed by atoms with Crippen molar-refractivity contribution in [1.29, 1.82) is 0 Å². The molecule has 2 aromatic rings. The summed E-state index contributed by atoms with van der Waals surface area (Å²) >= 11 is 0. The number of aromatic carboxylic acids is 1. The monoisotopic (exact) mass is 253 g/mol. The van der Waals surface area contributed by atoms with Crippen LogP contribution >= 0.6 is 0 Å². The summed E-state index contributed by atoms with van der Waals surface area (Å²) in [7, 11) is 0. The number of halogens is 2. The Morgan fingerprint density at radius 1 is 1.33 bits per heavy atom. The second kappa shape index (κ2) is 4.21. The highest BCUT2D eigenvalue weighted by Gasteiger charge is 2.22. The van der Waals surface area contributed by atoms with Crippen molar-refractivity contribution >= 4 is 5.97 Å². The maximum atomic E-state index is 13.8. The van der Waals surface area contributed by atoms with Crippen molar-refractivity contribution in [3.63, 3.8) is 0 Å². The van der Waals surface area contributed by atoms with Gasteiger partial charge in [-0.3, -0.25) is 0 Å². The van der Waals surface area contributed by atoms with Gasteiger partial charge in [0, 0.05) is 0 Å². The molecule has 0 bridgehead atoms. The van der Waals surface area contributed by atoms with Gasteiger partial charge in [0.05, 0.1) is 0 Å². The largest absolute Gasteiger partial charge is 0.476 e. The molecule has 0 saturated heterocycles. The number of carbonyl (C=O) groups is 1. The quantitative estimate of drug-likeness (QED) is 0.893. The Balaban J connectivity index is 2.66. The van der Waals surface area contributed by atoms with E-state index in [0.29, 0.717) is 0 Å². The zero-order valence-electron chi connectivity index (χ0n) is 9.62. The van der Waals surface area contributed by atoms with Crippen LogP contribution in [-0.4, -0.2) is 16.1 Å². The lowest BCUT2D eigenvalue weighted by Gasteiger charge is -2.02. The van der Waals surface area contributed by atoms with Gasteiger partial charge in [-0.1, -0.05) is 6.07 Å². The molecule has 0 aliphatic carbocycles. The van der Waals surface area contributed by atoms with Crippen LogP contribution in [0, 0.1) is 25.5 Å². The van der Waals surface area contributed by atoms with Gasteiger partial charge in [-0.15, -0.1) is 0 Å². The van der Waals surface area contributed by atoms with Crippen LogP contribution in [0.3, 0.4) is 0 Å². The average Bonchev–Trinajstić information content (AvgIpc) is 2.66. The fourth-order valence-corrected chi connectivity index (χ4v) is 1.55. The van der Waals surface area contributed by atoms with Gasteiger partial charge in [0.25, 0.3) is 0 Å². The lowest BCUT2D eigenvalue weighted by atomic mass is 10.1. The number of hydrogen-bond donors (Lipinski definition) is 1. The lowest BCUT2D eigenvalue weighted by molar-refractivity contribution is 0.0689. The predicted octanol–water partition coefficient (Wildman–Crippen LogP) is 2.93. The van der Waals surface area contributed by atoms with Crippen molar-refractivity contribution in [2.45, 2.75) is 13.8 Å². The van der Waals surface area contributed by atoms with E-state index in [1.807, 2.05) is 0 Å². The van der Waals surface area contributed by atoms with E-state index in [9.17, 15) is 13.6 Å². The van der Waals surface area contributed by atoms with E-state index in [0.717, 1.165) is 6.07 Å². The number of benzene rings is 1. The minimum absolute atomic E-state index is 0.00203. The fourth-order valence-electron chi connectivity index (χ4n) is 1.55. The third-order valence-corrected chi connectivity index (χ3v) is 2.50. The first-order valence-electron chi connectivity index (χ1n) is 5.07. The molecule has 1 N–H and O–H groups in total. The highest BCUT2D eigenvalue weighted by Crippen LogP contribution is 2.28. The van der Waals surface area contributed by atoms with Crippen molar-refractivity contribution < 1.29 is 23.1 Å². The molecule has 0 spiro atoms. The fraction of sp³-hybridized carbons (Fsp3) is 0.167. The van der Waals surface area contributed by atoms with Crippen molar-refractivity contribution in [2.24, 2.45) is 0 Å². The van der Waals surface area contributed by atoms with Gasteiger partial charge >= 0.3 is 5.97 Å². The Bertz CT molecular complexity index is 634. The smallest absolute Gasteiger partial charge is 0.358 e.